The third-order valence-electron chi connectivity index (χ3n) is 1.90. The van der Waals surface area contributed by atoms with Crippen molar-refractivity contribution in [3.63, 3.8) is 0 Å². The molecule has 104 valence electrons. The highest BCUT2D eigenvalue weighted by Gasteiger charge is 2.36. The van der Waals surface area contributed by atoms with E-state index in [-0.39, 0.29) is 16.8 Å². The van der Waals surface area contributed by atoms with Crippen molar-refractivity contribution in [3.8, 4) is 0 Å². The Balaban J connectivity index is 4.59. The van der Waals surface area contributed by atoms with Crippen molar-refractivity contribution in [3.05, 3.63) is 0 Å². The Bertz CT molecular complexity index is 218. The van der Waals surface area contributed by atoms with Crippen molar-refractivity contribution in [2.24, 2.45) is 5.73 Å². The molecule has 0 aromatic heterocycles. The van der Waals surface area contributed by atoms with E-state index in [2.05, 4.69) is 13.8 Å². The van der Waals surface area contributed by atoms with Crippen LogP contribution in [0.5, 0.6) is 0 Å². The molecular weight excluding hydrogens is 214 g/mol. The van der Waals surface area contributed by atoms with Gasteiger partial charge in [0.05, 0.1) is 16.8 Å². The SMILES string of the molecule is CC(C)(C)OC(C)(C)CC(C)(N)OC(C)(C)C. The van der Waals surface area contributed by atoms with E-state index in [4.69, 9.17) is 15.2 Å². The Hall–Kier alpha value is -0.120. The molecule has 0 aliphatic rings. The highest BCUT2D eigenvalue weighted by Crippen LogP contribution is 2.30. The minimum atomic E-state index is -0.688. The Labute approximate surface area is 107 Å². The second kappa shape index (κ2) is 4.87. The molecule has 0 aliphatic carbocycles. The quantitative estimate of drug-likeness (QED) is 0.771. The number of hydrogen-bond acceptors (Lipinski definition) is 3. The summed E-state index contributed by atoms with van der Waals surface area (Å²) in [5.41, 5.74) is 4.78. The Morgan fingerprint density at radius 2 is 1.06 bits per heavy atom. The summed E-state index contributed by atoms with van der Waals surface area (Å²) in [7, 11) is 0. The summed E-state index contributed by atoms with van der Waals surface area (Å²) in [6, 6.07) is 0. The second-order valence-electron chi connectivity index (χ2n) is 7.68. The van der Waals surface area contributed by atoms with Gasteiger partial charge in [0.25, 0.3) is 0 Å². The van der Waals surface area contributed by atoms with Gasteiger partial charge in [0.1, 0.15) is 5.72 Å². The molecule has 0 aliphatic heterocycles. The van der Waals surface area contributed by atoms with Crippen LogP contribution in [0.3, 0.4) is 0 Å². The van der Waals surface area contributed by atoms with E-state index >= 15 is 0 Å². The van der Waals surface area contributed by atoms with E-state index in [9.17, 15) is 0 Å². The van der Waals surface area contributed by atoms with Gasteiger partial charge in [0.15, 0.2) is 0 Å². The lowest BCUT2D eigenvalue weighted by molar-refractivity contribution is -0.181. The molecule has 0 saturated carbocycles. The molecule has 0 amide bonds. The van der Waals surface area contributed by atoms with E-state index in [1.165, 1.54) is 0 Å². The number of hydrogen-bond donors (Lipinski definition) is 1. The van der Waals surface area contributed by atoms with Gasteiger partial charge in [-0.25, -0.2) is 0 Å². The first kappa shape index (κ1) is 16.9. The van der Waals surface area contributed by atoms with Crippen molar-refractivity contribution >= 4 is 0 Å². The zero-order valence-corrected chi connectivity index (χ0v) is 13.1. The van der Waals surface area contributed by atoms with E-state index in [0.717, 1.165) is 0 Å². The molecule has 3 heteroatoms. The van der Waals surface area contributed by atoms with Gasteiger partial charge >= 0.3 is 0 Å². The van der Waals surface area contributed by atoms with Gasteiger partial charge in [-0.3, -0.25) is 0 Å². The molecule has 0 radical (unpaired) electrons. The van der Waals surface area contributed by atoms with Crippen LogP contribution in [0.1, 0.15) is 68.7 Å². The lowest BCUT2D eigenvalue weighted by atomic mass is 9.95. The molecule has 0 saturated heterocycles. The fourth-order valence-electron chi connectivity index (χ4n) is 2.45. The highest BCUT2D eigenvalue weighted by molar-refractivity contribution is 4.84. The molecule has 1 atom stereocenters. The van der Waals surface area contributed by atoms with E-state index in [1.54, 1.807) is 0 Å². The first-order valence-electron chi connectivity index (χ1n) is 6.31. The molecule has 0 spiro atoms. The fraction of sp³-hybridized carbons (Fsp3) is 1.00. The molecule has 0 rings (SSSR count). The van der Waals surface area contributed by atoms with Gasteiger partial charge < -0.3 is 15.2 Å². The van der Waals surface area contributed by atoms with Gasteiger partial charge in [0, 0.05) is 6.42 Å². The van der Waals surface area contributed by atoms with Crippen molar-refractivity contribution in [1.82, 2.24) is 0 Å². The van der Waals surface area contributed by atoms with E-state index in [0.29, 0.717) is 6.42 Å². The van der Waals surface area contributed by atoms with Gasteiger partial charge in [0.2, 0.25) is 0 Å². The summed E-state index contributed by atoms with van der Waals surface area (Å²) < 4.78 is 11.9. The Kier molecular flexibility index (Phi) is 4.83. The van der Waals surface area contributed by atoms with Crippen molar-refractivity contribution in [1.29, 1.82) is 0 Å². The molecule has 0 fully saturated rings. The summed E-state index contributed by atoms with van der Waals surface area (Å²) >= 11 is 0. The van der Waals surface area contributed by atoms with Crippen molar-refractivity contribution in [2.45, 2.75) is 91.3 Å². The maximum atomic E-state index is 6.21. The molecule has 3 nitrogen and oxygen atoms in total. The topological polar surface area (TPSA) is 44.5 Å². The van der Waals surface area contributed by atoms with Crippen LogP contribution in [0, 0.1) is 0 Å². The van der Waals surface area contributed by atoms with Crippen molar-refractivity contribution in [2.75, 3.05) is 0 Å². The predicted molar refractivity (Wildman–Crippen MR) is 73.0 cm³/mol. The van der Waals surface area contributed by atoms with Crippen LogP contribution in [-0.4, -0.2) is 22.5 Å². The number of ether oxygens (including phenoxy) is 2. The molecular formula is C14H31NO2. The first-order valence-corrected chi connectivity index (χ1v) is 6.31. The number of nitrogens with two attached hydrogens (primary N) is 1. The maximum absolute atomic E-state index is 6.21. The van der Waals surface area contributed by atoms with Crippen LogP contribution in [0.15, 0.2) is 0 Å². The molecule has 17 heavy (non-hydrogen) atoms. The zero-order chi connectivity index (χ0) is 14.1. The third kappa shape index (κ3) is 9.57. The van der Waals surface area contributed by atoms with E-state index < -0.39 is 5.72 Å². The third-order valence-corrected chi connectivity index (χ3v) is 1.90. The average Bonchev–Trinajstić information content (AvgIpc) is 1.65. The minimum absolute atomic E-state index is 0.179. The van der Waals surface area contributed by atoms with Crippen LogP contribution in [-0.2, 0) is 9.47 Å². The monoisotopic (exact) mass is 245 g/mol. The van der Waals surface area contributed by atoms with Gasteiger partial charge in [-0.15, -0.1) is 0 Å². The normalized spacial score (nSPS) is 18.0. The summed E-state index contributed by atoms with van der Waals surface area (Å²) in [5, 5.41) is 0. The van der Waals surface area contributed by atoms with Gasteiger partial charge in [-0.2, -0.15) is 0 Å². The molecule has 0 bridgehead atoms. The molecule has 0 aromatic carbocycles. The average molecular weight is 245 g/mol. The van der Waals surface area contributed by atoms with Crippen LogP contribution >= 0.6 is 0 Å². The summed E-state index contributed by atoms with van der Waals surface area (Å²) in [4.78, 5) is 0. The molecule has 0 heterocycles. The maximum Gasteiger partial charge on any atom is 0.117 e. The molecule has 0 aromatic rings. The van der Waals surface area contributed by atoms with Crippen LogP contribution in [0.25, 0.3) is 0 Å². The van der Waals surface area contributed by atoms with Gasteiger partial charge in [-0.1, -0.05) is 0 Å². The zero-order valence-electron chi connectivity index (χ0n) is 13.1. The van der Waals surface area contributed by atoms with Crippen molar-refractivity contribution < 1.29 is 9.47 Å². The second-order valence-corrected chi connectivity index (χ2v) is 7.68. The fourth-order valence-corrected chi connectivity index (χ4v) is 2.45. The lowest BCUT2D eigenvalue weighted by Gasteiger charge is -2.41. The predicted octanol–water partition coefficient (Wildman–Crippen LogP) is 3.46. The first-order chi connectivity index (χ1) is 7.12. The van der Waals surface area contributed by atoms with Crippen LogP contribution < -0.4 is 5.73 Å². The Morgan fingerprint density at radius 1 is 0.706 bits per heavy atom. The Morgan fingerprint density at radius 3 is 1.35 bits per heavy atom. The molecule has 1 unspecified atom stereocenters. The van der Waals surface area contributed by atoms with Gasteiger partial charge in [-0.05, 0) is 62.3 Å². The summed E-state index contributed by atoms with van der Waals surface area (Å²) in [6.45, 7) is 18.2. The molecule has 2 N–H and O–H groups in total. The number of rotatable bonds is 4. The lowest BCUT2D eigenvalue weighted by Crippen LogP contribution is -2.51. The summed E-state index contributed by atoms with van der Waals surface area (Å²) in [6.07, 6.45) is 0.647. The van der Waals surface area contributed by atoms with Crippen LogP contribution in [0.4, 0.5) is 0 Å². The standard InChI is InChI=1S/C14H31NO2/c1-11(2,3)16-13(7,8)10-14(9,15)17-12(4,5)6/h10,15H2,1-9H3. The smallest absolute Gasteiger partial charge is 0.117 e. The van der Waals surface area contributed by atoms with Crippen LogP contribution in [0.2, 0.25) is 0 Å². The highest BCUT2D eigenvalue weighted by atomic mass is 16.5. The minimum Gasteiger partial charge on any atom is -0.370 e. The largest absolute Gasteiger partial charge is 0.370 e. The van der Waals surface area contributed by atoms with E-state index in [1.807, 2.05) is 48.5 Å². The summed E-state index contributed by atoms with van der Waals surface area (Å²) in [5.74, 6) is 0.